The molecule has 0 aliphatic rings. The van der Waals surface area contributed by atoms with Crippen molar-refractivity contribution in [1.29, 1.82) is 0 Å². The van der Waals surface area contributed by atoms with E-state index in [0.717, 1.165) is 25.7 Å². The molecule has 0 saturated carbocycles. The van der Waals surface area contributed by atoms with Gasteiger partial charge >= 0.3 is 5.97 Å². The second kappa shape index (κ2) is 8.53. The number of hydrogen-bond donors (Lipinski definition) is 1. The van der Waals surface area contributed by atoms with Crippen LogP contribution in [0.4, 0.5) is 0 Å². The molecule has 0 heterocycles. The predicted octanol–water partition coefficient (Wildman–Crippen LogP) is 1.46. The molecule has 0 saturated heterocycles. The number of nitrogens with two attached hydrogens (primary N) is 1. The van der Waals surface area contributed by atoms with Crippen molar-refractivity contribution in [2.75, 3.05) is 13.2 Å². The van der Waals surface area contributed by atoms with Crippen LogP contribution in [0.25, 0.3) is 0 Å². The number of carbonyl (C=O) groups excluding carboxylic acids is 1. The molecule has 0 aromatic carbocycles. The molecule has 0 atom stereocenters. The Bertz CT molecular complexity index is 103. The van der Waals surface area contributed by atoms with Crippen molar-refractivity contribution in [3.63, 3.8) is 0 Å². The van der Waals surface area contributed by atoms with Crippen molar-refractivity contribution < 1.29 is 9.53 Å². The Hall–Kier alpha value is -0.570. The molecule has 0 bridgehead atoms. The maximum Gasteiger partial charge on any atom is 0.305 e. The standard InChI is InChI=1S/C9H19NO2/c1-2-3-4-6-9(11)12-8-5-7-10/h2-8,10H2,1H3. The van der Waals surface area contributed by atoms with Crippen molar-refractivity contribution in [3.8, 4) is 0 Å². The van der Waals surface area contributed by atoms with Gasteiger partial charge in [0.25, 0.3) is 0 Å². The fraction of sp³-hybridized carbons (Fsp3) is 0.889. The molecule has 0 radical (unpaired) electrons. The second-order valence-corrected chi connectivity index (χ2v) is 2.82. The van der Waals surface area contributed by atoms with Gasteiger partial charge in [0.2, 0.25) is 0 Å². The third-order valence-electron chi connectivity index (χ3n) is 1.60. The molecule has 0 aliphatic carbocycles. The third kappa shape index (κ3) is 7.54. The molecular weight excluding hydrogens is 154 g/mol. The van der Waals surface area contributed by atoms with Crippen LogP contribution in [0, 0.1) is 0 Å². The summed E-state index contributed by atoms with van der Waals surface area (Å²) in [6, 6.07) is 0. The Balaban J connectivity index is 3.10. The lowest BCUT2D eigenvalue weighted by molar-refractivity contribution is -0.143. The summed E-state index contributed by atoms with van der Waals surface area (Å²) in [6.07, 6.45) is 4.50. The van der Waals surface area contributed by atoms with Gasteiger partial charge in [0.15, 0.2) is 0 Å². The van der Waals surface area contributed by atoms with Crippen molar-refractivity contribution in [2.24, 2.45) is 5.73 Å². The Kier molecular flexibility index (Phi) is 8.12. The van der Waals surface area contributed by atoms with Gasteiger partial charge in [0, 0.05) is 6.42 Å². The fourth-order valence-corrected chi connectivity index (χ4v) is 0.861. The quantitative estimate of drug-likeness (QED) is 0.468. The summed E-state index contributed by atoms with van der Waals surface area (Å²) in [4.78, 5) is 10.9. The van der Waals surface area contributed by atoms with Crippen LogP contribution in [-0.4, -0.2) is 19.1 Å². The highest BCUT2D eigenvalue weighted by atomic mass is 16.5. The summed E-state index contributed by atoms with van der Waals surface area (Å²) in [5, 5.41) is 0. The van der Waals surface area contributed by atoms with Crippen LogP contribution in [0.3, 0.4) is 0 Å². The molecule has 72 valence electrons. The van der Waals surface area contributed by atoms with Crippen LogP contribution < -0.4 is 5.73 Å². The third-order valence-corrected chi connectivity index (χ3v) is 1.60. The smallest absolute Gasteiger partial charge is 0.305 e. The number of ether oxygens (including phenoxy) is 1. The highest BCUT2D eigenvalue weighted by Gasteiger charge is 2.00. The van der Waals surface area contributed by atoms with Crippen LogP contribution in [-0.2, 0) is 9.53 Å². The lowest BCUT2D eigenvalue weighted by Gasteiger charge is -2.02. The van der Waals surface area contributed by atoms with Crippen molar-refractivity contribution >= 4 is 5.97 Å². The number of esters is 1. The molecule has 0 aliphatic heterocycles. The first-order valence-electron chi connectivity index (χ1n) is 4.67. The first-order chi connectivity index (χ1) is 5.81. The van der Waals surface area contributed by atoms with Crippen LogP contribution in [0.2, 0.25) is 0 Å². The van der Waals surface area contributed by atoms with Gasteiger partial charge in [-0.1, -0.05) is 19.8 Å². The van der Waals surface area contributed by atoms with Gasteiger partial charge < -0.3 is 10.5 Å². The normalized spacial score (nSPS) is 9.83. The summed E-state index contributed by atoms with van der Waals surface area (Å²) in [6.45, 7) is 3.17. The van der Waals surface area contributed by atoms with Gasteiger partial charge in [-0.25, -0.2) is 0 Å². The SMILES string of the molecule is CCCCCC(=O)OCCCN. The van der Waals surface area contributed by atoms with Gasteiger partial charge in [0.05, 0.1) is 6.61 Å². The summed E-state index contributed by atoms with van der Waals surface area (Å²) in [5.74, 6) is -0.0862. The molecular formula is C9H19NO2. The molecule has 0 rings (SSSR count). The van der Waals surface area contributed by atoms with E-state index in [1.165, 1.54) is 0 Å². The largest absolute Gasteiger partial charge is 0.466 e. The number of hydrogen-bond acceptors (Lipinski definition) is 3. The van der Waals surface area contributed by atoms with Crippen LogP contribution in [0.15, 0.2) is 0 Å². The molecule has 12 heavy (non-hydrogen) atoms. The Morgan fingerprint density at radius 1 is 1.33 bits per heavy atom. The zero-order valence-electron chi connectivity index (χ0n) is 7.84. The molecule has 0 amide bonds. The Morgan fingerprint density at radius 3 is 2.67 bits per heavy atom. The molecule has 0 unspecified atom stereocenters. The maximum atomic E-state index is 10.9. The highest BCUT2D eigenvalue weighted by Crippen LogP contribution is 2.00. The minimum absolute atomic E-state index is 0.0862. The van der Waals surface area contributed by atoms with Gasteiger partial charge in [-0.2, -0.15) is 0 Å². The first kappa shape index (κ1) is 11.4. The van der Waals surface area contributed by atoms with Crippen LogP contribution in [0.5, 0.6) is 0 Å². The number of unbranched alkanes of at least 4 members (excludes halogenated alkanes) is 2. The molecule has 0 fully saturated rings. The zero-order valence-corrected chi connectivity index (χ0v) is 7.84. The van der Waals surface area contributed by atoms with E-state index in [2.05, 4.69) is 6.92 Å². The number of rotatable bonds is 7. The maximum absolute atomic E-state index is 10.9. The second-order valence-electron chi connectivity index (χ2n) is 2.82. The lowest BCUT2D eigenvalue weighted by Crippen LogP contribution is -2.09. The monoisotopic (exact) mass is 173 g/mol. The van der Waals surface area contributed by atoms with Gasteiger partial charge in [-0.05, 0) is 19.4 Å². The molecule has 2 N–H and O–H groups in total. The van der Waals surface area contributed by atoms with E-state index in [1.54, 1.807) is 0 Å². The van der Waals surface area contributed by atoms with E-state index in [1.807, 2.05) is 0 Å². The summed E-state index contributed by atoms with van der Waals surface area (Å²) in [5.41, 5.74) is 5.25. The predicted molar refractivity (Wildman–Crippen MR) is 48.8 cm³/mol. The Labute approximate surface area is 74.3 Å². The van der Waals surface area contributed by atoms with Gasteiger partial charge in [-0.15, -0.1) is 0 Å². The van der Waals surface area contributed by atoms with Crippen molar-refractivity contribution in [2.45, 2.75) is 39.0 Å². The average Bonchev–Trinajstić information content (AvgIpc) is 2.06. The summed E-state index contributed by atoms with van der Waals surface area (Å²) in [7, 11) is 0. The highest BCUT2D eigenvalue weighted by molar-refractivity contribution is 5.69. The molecule has 3 nitrogen and oxygen atoms in total. The lowest BCUT2D eigenvalue weighted by atomic mass is 10.2. The minimum atomic E-state index is -0.0862. The molecule has 0 aromatic rings. The molecule has 3 heteroatoms. The Morgan fingerprint density at radius 2 is 2.08 bits per heavy atom. The summed E-state index contributed by atoms with van der Waals surface area (Å²) >= 11 is 0. The van der Waals surface area contributed by atoms with Gasteiger partial charge in [-0.3, -0.25) is 4.79 Å². The van der Waals surface area contributed by atoms with E-state index < -0.39 is 0 Å². The van der Waals surface area contributed by atoms with E-state index in [4.69, 9.17) is 10.5 Å². The number of carbonyl (C=O) groups is 1. The minimum Gasteiger partial charge on any atom is -0.466 e. The first-order valence-corrected chi connectivity index (χ1v) is 4.67. The van der Waals surface area contributed by atoms with E-state index >= 15 is 0 Å². The molecule has 0 aromatic heterocycles. The van der Waals surface area contributed by atoms with Crippen molar-refractivity contribution in [3.05, 3.63) is 0 Å². The summed E-state index contributed by atoms with van der Waals surface area (Å²) < 4.78 is 4.91. The van der Waals surface area contributed by atoms with Crippen LogP contribution in [0.1, 0.15) is 39.0 Å². The van der Waals surface area contributed by atoms with Crippen molar-refractivity contribution in [1.82, 2.24) is 0 Å². The van der Waals surface area contributed by atoms with Crippen LogP contribution >= 0.6 is 0 Å². The zero-order chi connectivity index (χ0) is 9.23. The fourth-order valence-electron chi connectivity index (χ4n) is 0.861. The van der Waals surface area contributed by atoms with Gasteiger partial charge in [0.1, 0.15) is 0 Å². The van der Waals surface area contributed by atoms with E-state index in [0.29, 0.717) is 19.6 Å². The van der Waals surface area contributed by atoms with E-state index in [-0.39, 0.29) is 5.97 Å². The topological polar surface area (TPSA) is 52.3 Å². The molecule has 0 spiro atoms. The average molecular weight is 173 g/mol. The van der Waals surface area contributed by atoms with E-state index in [9.17, 15) is 4.79 Å².